The van der Waals surface area contributed by atoms with Crippen LogP contribution in [0.25, 0.3) is 0 Å². The zero-order valence-electron chi connectivity index (χ0n) is 11.2. The first-order chi connectivity index (χ1) is 8.14. The van der Waals surface area contributed by atoms with E-state index in [2.05, 4.69) is 0 Å². The van der Waals surface area contributed by atoms with Crippen molar-refractivity contribution in [1.82, 2.24) is 0 Å². The van der Waals surface area contributed by atoms with Gasteiger partial charge in [0.05, 0.1) is 6.10 Å². The molecule has 0 aromatic heterocycles. The van der Waals surface area contributed by atoms with Crippen LogP contribution in [0.4, 0.5) is 0 Å². The van der Waals surface area contributed by atoms with E-state index in [-0.39, 0.29) is 6.10 Å². The van der Waals surface area contributed by atoms with Gasteiger partial charge < -0.3 is 9.84 Å². The van der Waals surface area contributed by atoms with E-state index in [1.807, 2.05) is 13.8 Å². The van der Waals surface area contributed by atoms with E-state index in [0.717, 1.165) is 25.7 Å². The van der Waals surface area contributed by atoms with E-state index in [1.54, 1.807) is 0 Å². The molecule has 0 bridgehead atoms. The molecule has 0 aromatic carbocycles. The van der Waals surface area contributed by atoms with Crippen molar-refractivity contribution in [3.63, 3.8) is 0 Å². The third kappa shape index (κ3) is 3.98. The molecule has 1 saturated carbocycles. The third-order valence-corrected chi connectivity index (χ3v) is 3.64. The van der Waals surface area contributed by atoms with E-state index in [4.69, 9.17) is 4.74 Å². The fraction of sp³-hybridized carbons (Fsp3) is 0.929. The van der Waals surface area contributed by atoms with Crippen LogP contribution < -0.4 is 0 Å². The van der Waals surface area contributed by atoms with Crippen LogP contribution in [-0.4, -0.2) is 22.8 Å². The Hall–Kier alpha value is -0.570. The molecule has 1 rings (SSSR count). The second-order valence-corrected chi connectivity index (χ2v) is 5.18. The lowest BCUT2D eigenvalue weighted by molar-refractivity contribution is -0.179. The van der Waals surface area contributed by atoms with Crippen molar-refractivity contribution in [3.8, 4) is 0 Å². The van der Waals surface area contributed by atoms with Crippen molar-refractivity contribution < 1.29 is 14.6 Å². The maximum absolute atomic E-state index is 11.6. The molecular weight excluding hydrogens is 216 g/mol. The van der Waals surface area contributed by atoms with Gasteiger partial charge in [0.2, 0.25) is 0 Å². The standard InChI is InChI=1S/C14H26O3/c1-3-10-14(11-4-2,13(15)16)17-12-8-6-5-7-9-12/h12H,3-11H2,1-2H3,(H,15,16). The molecule has 0 radical (unpaired) electrons. The number of carboxylic acid groups (broad SMARTS) is 1. The molecule has 0 spiro atoms. The number of carboxylic acids is 1. The highest BCUT2D eigenvalue weighted by Crippen LogP contribution is 2.31. The van der Waals surface area contributed by atoms with Crippen LogP contribution in [0.15, 0.2) is 0 Å². The Morgan fingerprint density at radius 1 is 1.18 bits per heavy atom. The average molecular weight is 242 g/mol. The number of hydrogen-bond acceptors (Lipinski definition) is 2. The van der Waals surface area contributed by atoms with E-state index in [1.165, 1.54) is 19.3 Å². The maximum atomic E-state index is 11.6. The molecule has 1 aliphatic rings. The molecular formula is C14H26O3. The summed E-state index contributed by atoms with van der Waals surface area (Å²) in [5, 5.41) is 9.49. The summed E-state index contributed by atoms with van der Waals surface area (Å²) in [5.74, 6) is -0.772. The minimum Gasteiger partial charge on any atom is -0.479 e. The summed E-state index contributed by atoms with van der Waals surface area (Å²) in [6.45, 7) is 4.05. The van der Waals surface area contributed by atoms with Crippen LogP contribution in [0.5, 0.6) is 0 Å². The Morgan fingerprint density at radius 3 is 2.12 bits per heavy atom. The van der Waals surface area contributed by atoms with Crippen molar-refractivity contribution in [2.45, 2.75) is 83.3 Å². The highest BCUT2D eigenvalue weighted by Gasteiger charge is 2.40. The smallest absolute Gasteiger partial charge is 0.335 e. The van der Waals surface area contributed by atoms with E-state index in [9.17, 15) is 9.90 Å². The van der Waals surface area contributed by atoms with Gasteiger partial charge in [0.25, 0.3) is 0 Å². The van der Waals surface area contributed by atoms with Gasteiger partial charge in [0, 0.05) is 0 Å². The van der Waals surface area contributed by atoms with Gasteiger partial charge in [-0.05, 0) is 25.7 Å². The van der Waals surface area contributed by atoms with Crippen molar-refractivity contribution in [2.24, 2.45) is 0 Å². The summed E-state index contributed by atoms with van der Waals surface area (Å²) in [4.78, 5) is 11.6. The Balaban J connectivity index is 2.68. The third-order valence-electron chi connectivity index (χ3n) is 3.64. The largest absolute Gasteiger partial charge is 0.479 e. The Bertz CT molecular complexity index is 226. The average Bonchev–Trinajstić information content (AvgIpc) is 2.30. The molecule has 3 heteroatoms. The molecule has 0 aliphatic heterocycles. The van der Waals surface area contributed by atoms with E-state index in [0.29, 0.717) is 12.8 Å². The van der Waals surface area contributed by atoms with Gasteiger partial charge in [0.1, 0.15) is 0 Å². The summed E-state index contributed by atoms with van der Waals surface area (Å²) in [7, 11) is 0. The van der Waals surface area contributed by atoms with Crippen molar-refractivity contribution >= 4 is 5.97 Å². The number of rotatable bonds is 7. The Labute approximate surface area is 105 Å². The van der Waals surface area contributed by atoms with Crippen LogP contribution in [-0.2, 0) is 9.53 Å². The summed E-state index contributed by atoms with van der Waals surface area (Å²) in [6, 6.07) is 0. The van der Waals surface area contributed by atoms with Gasteiger partial charge >= 0.3 is 5.97 Å². The molecule has 0 unspecified atom stereocenters. The minimum atomic E-state index is -0.925. The summed E-state index contributed by atoms with van der Waals surface area (Å²) >= 11 is 0. The fourth-order valence-electron chi connectivity index (χ4n) is 2.82. The van der Waals surface area contributed by atoms with Crippen LogP contribution in [0.2, 0.25) is 0 Å². The van der Waals surface area contributed by atoms with Crippen molar-refractivity contribution in [1.29, 1.82) is 0 Å². The first-order valence-electron chi connectivity index (χ1n) is 7.06. The SMILES string of the molecule is CCCC(CCC)(OC1CCCCC1)C(=O)O. The maximum Gasteiger partial charge on any atom is 0.335 e. The first kappa shape index (κ1) is 14.5. The quantitative estimate of drug-likeness (QED) is 0.739. The molecule has 0 heterocycles. The predicted molar refractivity (Wildman–Crippen MR) is 68.1 cm³/mol. The summed E-state index contributed by atoms with van der Waals surface area (Å²) in [6.07, 6.45) is 8.83. The lowest BCUT2D eigenvalue weighted by atomic mass is 9.90. The minimum absolute atomic E-state index is 0.165. The second-order valence-electron chi connectivity index (χ2n) is 5.18. The number of aliphatic carboxylic acids is 1. The van der Waals surface area contributed by atoms with Crippen LogP contribution in [0.1, 0.15) is 71.6 Å². The van der Waals surface area contributed by atoms with Gasteiger partial charge in [-0.2, -0.15) is 0 Å². The highest BCUT2D eigenvalue weighted by molar-refractivity contribution is 5.77. The van der Waals surface area contributed by atoms with Crippen LogP contribution >= 0.6 is 0 Å². The monoisotopic (exact) mass is 242 g/mol. The zero-order valence-corrected chi connectivity index (χ0v) is 11.2. The predicted octanol–water partition coefficient (Wildman–Crippen LogP) is 3.76. The fourth-order valence-corrected chi connectivity index (χ4v) is 2.82. The molecule has 1 aliphatic carbocycles. The lowest BCUT2D eigenvalue weighted by Crippen LogP contribution is -2.44. The van der Waals surface area contributed by atoms with Crippen molar-refractivity contribution in [2.75, 3.05) is 0 Å². The molecule has 0 aromatic rings. The number of hydrogen-bond donors (Lipinski definition) is 1. The van der Waals surface area contributed by atoms with E-state index < -0.39 is 11.6 Å². The second kappa shape index (κ2) is 7.00. The molecule has 0 amide bonds. The summed E-state index contributed by atoms with van der Waals surface area (Å²) < 4.78 is 6.02. The number of ether oxygens (including phenoxy) is 1. The molecule has 0 atom stereocenters. The van der Waals surface area contributed by atoms with Gasteiger partial charge in [-0.3, -0.25) is 0 Å². The normalized spacial score (nSPS) is 18.2. The number of carbonyl (C=O) groups is 1. The zero-order chi connectivity index (χ0) is 12.7. The molecule has 3 nitrogen and oxygen atoms in total. The molecule has 1 fully saturated rings. The van der Waals surface area contributed by atoms with E-state index >= 15 is 0 Å². The molecule has 0 saturated heterocycles. The van der Waals surface area contributed by atoms with Crippen molar-refractivity contribution in [3.05, 3.63) is 0 Å². The van der Waals surface area contributed by atoms with Crippen LogP contribution in [0.3, 0.4) is 0 Å². The lowest BCUT2D eigenvalue weighted by Gasteiger charge is -2.35. The van der Waals surface area contributed by atoms with Crippen LogP contribution in [0, 0.1) is 0 Å². The summed E-state index contributed by atoms with van der Waals surface area (Å²) in [5.41, 5.74) is -0.925. The van der Waals surface area contributed by atoms with Gasteiger partial charge in [0.15, 0.2) is 5.60 Å². The molecule has 1 N–H and O–H groups in total. The highest BCUT2D eigenvalue weighted by atomic mass is 16.5. The topological polar surface area (TPSA) is 46.5 Å². The van der Waals surface area contributed by atoms with Gasteiger partial charge in [-0.25, -0.2) is 4.79 Å². The molecule has 17 heavy (non-hydrogen) atoms. The van der Waals surface area contributed by atoms with Gasteiger partial charge in [-0.15, -0.1) is 0 Å². The Kier molecular flexibility index (Phi) is 5.96. The van der Waals surface area contributed by atoms with Gasteiger partial charge in [-0.1, -0.05) is 46.0 Å². The first-order valence-corrected chi connectivity index (χ1v) is 7.06. The molecule has 100 valence electrons. The Morgan fingerprint density at radius 2 is 1.71 bits per heavy atom.